The van der Waals surface area contributed by atoms with Gasteiger partial charge in [0.1, 0.15) is 30.5 Å². The van der Waals surface area contributed by atoms with Crippen LogP contribution in [-0.4, -0.2) is 102 Å². The number of likely N-dealkylation sites (tertiary alicyclic amines) is 3. The third kappa shape index (κ3) is 6.59. The molecule has 0 radical (unpaired) electrons. The van der Waals surface area contributed by atoms with Gasteiger partial charge in [-0.1, -0.05) is 6.92 Å². The molecule has 0 saturated carbocycles. The third-order valence-electron chi connectivity index (χ3n) is 7.33. The Morgan fingerprint density at radius 1 is 1.00 bits per heavy atom. The standard InChI is InChI=1S/C25H40N4O6/c1-16-12-21(27(4)14-16)25(34)35-18(3)13-22(31)28-11-7-9-20(28)24(33)29-10-6-5-8-19(29)23(32)26-17(2)15-30/h15-21H,5-14H2,1-4H3,(H,26,32). The van der Waals surface area contributed by atoms with Crippen molar-refractivity contribution in [2.75, 3.05) is 26.7 Å². The van der Waals surface area contributed by atoms with Gasteiger partial charge in [-0.15, -0.1) is 0 Å². The SMILES string of the molecule is CC1CC(C(=O)OC(C)CC(=O)N2CCCC2C(=O)N2CCCCC2C(=O)NC(C)C=O)N(C)C1. The molecule has 10 heteroatoms. The monoisotopic (exact) mass is 492 g/mol. The molecule has 3 heterocycles. The number of esters is 1. The largest absolute Gasteiger partial charge is 0.461 e. The maximum absolute atomic E-state index is 13.5. The molecule has 35 heavy (non-hydrogen) atoms. The van der Waals surface area contributed by atoms with Gasteiger partial charge in [-0.3, -0.25) is 24.1 Å². The Labute approximate surface area is 207 Å². The second kappa shape index (κ2) is 12.0. The molecular formula is C25H40N4O6. The molecule has 196 valence electrons. The van der Waals surface area contributed by atoms with Gasteiger partial charge in [-0.05, 0) is 65.3 Å². The minimum Gasteiger partial charge on any atom is -0.461 e. The summed E-state index contributed by atoms with van der Waals surface area (Å²) in [5.74, 6) is -0.658. The lowest BCUT2D eigenvalue weighted by atomic mass is 9.99. The number of nitrogens with one attached hydrogen (secondary N) is 1. The van der Waals surface area contributed by atoms with Crippen LogP contribution in [0, 0.1) is 5.92 Å². The van der Waals surface area contributed by atoms with Gasteiger partial charge in [0, 0.05) is 19.6 Å². The van der Waals surface area contributed by atoms with Crippen molar-refractivity contribution in [1.82, 2.24) is 20.0 Å². The minimum absolute atomic E-state index is 0.0161. The zero-order valence-corrected chi connectivity index (χ0v) is 21.4. The molecule has 0 aromatic heterocycles. The Balaban J connectivity index is 1.59. The first-order chi connectivity index (χ1) is 16.6. The fourth-order valence-electron chi connectivity index (χ4n) is 5.55. The van der Waals surface area contributed by atoms with Crippen molar-refractivity contribution in [2.24, 2.45) is 5.92 Å². The van der Waals surface area contributed by atoms with E-state index in [0.29, 0.717) is 44.6 Å². The lowest BCUT2D eigenvalue weighted by Gasteiger charge is -2.38. The average molecular weight is 493 g/mol. The summed E-state index contributed by atoms with van der Waals surface area (Å²) < 4.78 is 5.59. The van der Waals surface area contributed by atoms with Gasteiger partial charge in [-0.25, -0.2) is 0 Å². The number of ether oxygens (including phenoxy) is 1. The molecule has 1 N–H and O–H groups in total. The number of likely N-dealkylation sites (N-methyl/N-ethyl adjacent to an activating group) is 1. The van der Waals surface area contributed by atoms with E-state index in [2.05, 4.69) is 12.2 Å². The summed E-state index contributed by atoms with van der Waals surface area (Å²) in [5.41, 5.74) is 0. The van der Waals surface area contributed by atoms with Gasteiger partial charge in [0.25, 0.3) is 0 Å². The Bertz CT molecular complexity index is 820. The molecule has 0 aromatic carbocycles. The van der Waals surface area contributed by atoms with Crippen LogP contribution >= 0.6 is 0 Å². The van der Waals surface area contributed by atoms with Gasteiger partial charge in [0.05, 0.1) is 12.5 Å². The maximum atomic E-state index is 13.5. The van der Waals surface area contributed by atoms with E-state index in [1.165, 1.54) is 0 Å². The molecule has 3 aliphatic rings. The van der Waals surface area contributed by atoms with Crippen LogP contribution < -0.4 is 5.32 Å². The minimum atomic E-state index is -0.637. The highest BCUT2D eigenvalue weighted by Crippen LogP contribution is 2.26. The Kier molecular flexibility index (Phi) is 9.27. The van der Waals surface area contributed by atoms with Crippen molar-refractivity contribution in [2.45, 2.75) is 96.0 Å². The summed E-state index contributed by atoms with van der Waals surface area (Å²) >= 11 is 0. The van der Waals surface area contributed by atoms with E-state index in [1.54, 1.807) is 23.6 Å². The van der Waals surface area contributed by atoms with Gasteiger partial charge >= 0.3 is 5.97 Å². The van der Waals surface area contributed by atoms with Crippen molar-refractivity contribution < 1.29 is 28.7 Å². The molecular weight excluding hydrogens is 452 g/mol. The number of hydrogen-bond acceptors (Lipinski definition) is 7. The zero-order valence-electron chi connectivity index (χ0n) is 21.4. The Morgan fingerprint density at radius 3 is 2.34 bits per heavy atom. The molecule has 0 aliphatic carbocycles. The van der Waals surface area contributed by atoms with Crippen molar-refractivity contribution in [3.05, 3.63) is 0 Å². The maximum Gasteiger partial charge on any atom is 0.323 e. The summed E-state index contributed by atoms with van der Waals surface area (Å²) in [7, 11) is 1.90. The smallest absolute Gasteiger partial charge is 0.323 e. The summed E-state index contributed by atoms with van der Waals surface area (Å²) in [6, 6.07) is -2.17. The number of hydrogen-bond donors (Lipinski definition) is 1. The van der Waals surface area contributed by atoms with Gasteiger partial charge < -0.3 is 24.6 Å². The lowest BCUT2D eigenvalue weighted by Crippen LogP contribution is -2.58. The molecule has 0 aromatic rings. The van der Waals surface area contributed by atoms with Crippen molar-refractivity contribution >= 4 is 30.0 Å². The lowest BCUT2D eigenvalue weighted by molar-refractivity contribution is -0.156. The van der Waals surface area contributed by atoms with Crippen LogP contribution in [-0.2, 0) is 28.7 Å². The van der Waals surface area contributed by atoms with Crippen LogP contribution in [0.15, 0.2) is 0 Å². The molecule has 3 fully saturated rings. The Hall–Kier alpha value is -2.49. The number of carbonyl (C=O) groups is 5. The van der Waals surface area contributed by atoms with Crippen LogP contribution in [0.1, 0.15) is 65.7 Å². The molecule has 0 spiro atoms. The number of aldehydes is 1. The number of nitrogens with zero attached hydrogens (tertiary/aromatic N) is 3. The normalized spacial score (nSPS) is 28.9. The fraction of sp³-hybridized carbons (Fsp3) is 0.800. The molecule has 3 amide bonds. The first-order valence-corrected chi connectivity index (χ1v) is 12.9. The molecule has 10 nitrogen and oxygen atoms in total. The third-order valence-corrected chi connectivity index (χ3v) is 7.33. The second-order valence-electron chi connectivity index (χ2n) is 10.5. The van der Waals surface area contributed by atoms with E-state index < -0.39 is 24.2 Å². The van der Waals surface area contributed by atoms with Gasteiger partial charge in [0.2, 0.25) is 17.7 Å². The molecule has 3 aliphatic heterocycles. The first kappa shape index (κ1) is 27.1. The molecule has 3 saturated heterocycles. The number of rotatable bonds is 8. The number of amides is 3. The quantitative estimate of drug-likeness (QED) is 0.392. The first-order valence-electron chi connectivity index (χ1n) is 12.9. The molecule has 6 atom stereocenters. The summed E-state index contributed by atoms with van der Waals surface area (Å²) in [6.45, 7) is 7.16. The second-order valence-corrected chi connectivity index (χ2v) is 10.5. The van der Waals surface area contributed by atoms with Crippen LogP contribution in [0.2, 0.25) is 0 Å². The Morgan fingerprint density at radius 2 is 1.69 bits per heavy atom. The highest BCUT2D eigenvalue weighted by molar-refractivity contribution is 5.93. The predicted molar refractivity (Wildman–Crippen MR) is 128 cm³/mol. The zero-order chi connectivity index (χ0) is 25.7. The molecule has 0 bridgehead atoms. The van der Waals surface area contributed by atoms with Crippen molar-refractivity contribution in [1.29, 1.82) is 0 Å². The average Bonchev–Trinajstić information content (AvgIpc) is 3.44. The van der Waals surface area contributed by atoms with Crippen LogP contribution in [0.25, 0.3) is 0 Å². The van der Waals surface area contributed by atoms with Gasteiger partial charge in [-0.2, -0.15) is 0 Å². The number of carbonyl (C=O) groups excluding carboxylic acids is 5. The predicted octanol–water partition coefficient (Wildman–Crippen LogP) is 0.724. The van der Waals surface area contributed by atoms with Gasteiger partial charge in [0.15, 0.2) is 0 Å². The molecule has 6 unspecified atom stereocenters. The highest BCUT2D eigenvalue weighted by atomic mass is 16.5. The van der Waals surface area contributed by atoms with Crippen molar-refractivity contribution in [3.8, 4) is 0 Å². The van der Waals surface area contributed by atoms with E-state index in [0.717, 1.165) is 25.8 Å². The summed E-state index contributed by atoms with van der Waals surface area (Å²) in [6.07, 6.45) is 4.22. The topological polar surface area (TPSA) is 116 Å². The van der Waals surface area contributed by atoms with E-state index in [4.69, 9.17) is 4.74 Å². The fourth-order valence-corrected chi connectivity index (χ4v) is 5.55. The van der Waals surface area contributed by atoms with Crippen molar-refractivity contribution in [3.63, 3.8) is 0 Å². The van der Waals surface area contributed by atoms with E-state index in [1.807, 2.05) is 11.9 Å². The summed E-state index contributed by atoms with van der Waals surface area (Å²) in [4.78, 5) is 68.0. The van der Waals surface area contributed by atoms with Crippen LogP contribution in [0.3, 0.4) is 0 Å². The van der Waals surface area contributed by atoms with Crippen LogP contribution in [0.4, 0.5) is 0 Å². The van der Waals surface area contributed by atoms with E-state index in [9.17, 15) is 24.0 Å². The summed E-state index contributed by atoms with van der Waals surface area (Å²) in [5, 5.41) is 2.65. The van der Waals surface area contributed by atoms with E-state index >= 15 is 0 Å². The van der Waals surface area contributed by atoms with E-state index in [-0.39, 0.29) is 36.2 Å². The molecule has 3 rings (SSSR count). The number of piperidine rings is 1. The highest BCUT2D eigenvalue weighted by Gasteiger charge is 2.42. The van der Waals surface area contributed by atoms with Crippen LogP contribution in [0.5, 0.6) is 0 Å².